The standard InChI is InChI=1S/C19H17N5O4/c25-17(10-16-18(26)21-19(27)24-22-16)23-20-11-13-6-8-15(9-7-13)28-12-14-4-2-1-3-5-14/h1-9,11H,10,12H2,(H,23,25)(H2,21,24,26,27)/b20-11-. The number of rotatable bonds is 7. The molecule has 142 valence electrons. The lowest BCUT2D eigenvalue weighted by atomic mass is 10.2. The summed E-state index contributed by atoms with van der Waals surface area (Å²) in [4.78, 5) is 36.1. The highest BCUT2D eigenvalue weighted by atomic mass is 16.5. The number of aromatic nitrogens is 3. The molecule has 3 aromatic rings. The van der Waals surface area contributed by atoms with Crippen molar-refractivity contribution in [2.45, 2.75) is 13.0 Å². The van der Waals surface area contributed by atoms with Gasteiger partial charge in [-0.1, -0.05) is 30.3 Å². The summed E-state index contributed by atoms with van der Waals surface area (Å²) in [7, 11) is 0. The zero-order chi connectivity index (χ0) is 19.8. The van der Waals surface area contributed by atoms with Gasteiger partial charge in [-0.3, -0.25) is 14.6 Å². The van der Waals surface area contributed by atoms with E-state index in [2.05, 4.69) is 20.7 Å². The van der Waals surface area contributed by atoms with Gasteiger partial charge < -0.3 is 4.74 Å². The molecule has 1 heterocycles. The highest BCUT2D eigenvalue weighted by molar-refractivity contribution is 5.83. The molecule has 9 nitrogen and oxygen atoms in total. The van der Waals surface area contributed by atoms with E-state index in [0.29, 0.717) is 12.4 Å². The second-order valence-electron chi connectivity index (χ2n) is 5.77. The van der Waals surface area contributed by atoms with Crippen LogP contribution in [0.15, 0.2) is 69.3 Å². The molecule has 3 rings (SSSR count). The van der Waals surface area contributed by atoms with Gasteiger partial charge in [-0.15, -0.1) is 0 Å². The predicted octanol–water partition coefficient (Wildman–Crippen LogP) is 0.730. The van der Waals surface area contributed by atoms with Crippen LogP contribution in [0.1, 0.15) is 16.8 Å². The first-order valence-electron chi connectivity index (χ1n) is 8.37. The number of carbonyl (C=O) groups is 1. The van der Waals surface area contributed by atoms with Crippen LogP contribution in [0.2, 0.25) is 0 Å². The Hall–Kier alpha value is -4.01. The van der Waals surface area contributed by atoms with E-state index >= 15 is 0 Å². The number of hydrogen-bond donors (Lipinski definition) is 3. The molecule has 0 aliphatic heterocycles. The van der Waals surface area contributed by atoms with E-state index in [1.807, 2.05) is 35.3 Å². The third-order valence-electron chi connectivity index (χ3n) is 3.64. The molecule has 0 radical (unpaired) electrons. The number of ether oxygens (including phenoxy) is 1. The van der Waals surface area contributed by atoms with Crippen LogP contribution in [0.25, 0.3) is 0 Å². The fourth-order valence-corrected chi connectivity index (χ4v) is 2.25. The number of carbonyl (C=O) groups excluding carboxylic acids is 1. The van der Waals surface area contributed by atoms with Crippen molar-refractivity contribution in [2.24, 2.45) is 5.10 Å². The molecule has 0 aliphatic carbocycles. The maximum atomic E-state index is 11.8. The van der Waals surface area contributed by atoms with Crippen molar-refractivity contribution in [3.05, 3.63) is 92.3 Å². The Balaban J connectivity index is 1.49. The Labute approximate surface area is 159 Å². The number of amides is 1. The number of hydrogen-bond acceptors (Lipinski definition) is 6. The van der Waals surface area contributed by atoms with Gasteiger partial charge in [-0.2, -0.15) is 10.2 Å². The quantitative estimate of drug-likeness (QED) is 0.412. The monoisotopic (exact) mass is 379 g/mol. The second kappa shape index (κ2) is 9.08. The molecule has 0 saturated carbocycles. The first-order chi connectivity index (χ1) is 13.6. The summed E-state index contributed by atoms with van der Waals surface area (Å²) in [6.45, 7) is 0.474. The van der Waals surface area contributed by atoms with Crippen LogP contribution in [0.3, 0.4) is 0 Å². The van der Waals surface area contributed by atoms with E-state index in [1.54, 1.807) is 24.3 Å². The van der Waals surface area contributed by atoms with Crippen LogP contribution < -0.4 is 21.4 Å². The first kappa shape index (κ1) is 18.8. The molecule has 9 heteroatoms. The predicted molar refractivity (Wildman–Crippen MR) is 102 cm³/mol. The highest BCUT2D eigenvalue weighted by Gasteiger charge is 2.08. The summed E-state index contributed by atoms with van der Waals surface area (Å²) in [5.41, 5.74) is 2.58. The highest BCUT2D eigenvalue weighted by Crippen LogP contribution is 2.13. The van der Waals surface area contributed by atoms with E-state index < -0.39 is 17.2 Å². The molecule has 1 amide bonds. The van der Waals surface area contributed by atoms with Gasteiger partial charge in [-0.05, 0) is 35.4 Å². The van der Waals surface area contributed by atoms with Gasteiger partial charge in [0, 0.05) is 0 Å². The zero-order valence-corrected chi connectivity index (χ0v) is 14.7. The molecule has 0 aliphatic rings. The van der Waals surface area contributed by atoms with Crippen LogP contribution in [-0.4, -0.2) is 27.3 Å². The Morgan fingerprint density at radius 3 is 2.57 bits per heavy atom. The summed E-state index contributed by atoms with van der Waals surface area (Å²) in [6.07, 6.45) is 1.15. The Kier molecular flexibility index (Phi) is 6.09. The van der Waals surface area contributed by atoms with Crippen molar-refractivity contribution in [3.8, 4) is 5.75 Å². The fraction of sp³-hybridized carbons (Fsp3) is 0.105. The van der Waals surface area contributed by atoms with E-state index in [1.165, 1.54) is 6.21 Å². The lowest BCUT2D eigenvalue weighted by Crippen LogP contribution is -2.31. The van der Waals surface area contributed by atoms with Gasteiger partial charge in [0.25, 0.3) is 5.56 Å². The number of aromatic amines is 2. The summed E-state index contributed by atoms with van der Waals surface area (Å²) >= 11 is 0. The summed E-state index contributed by atoms with van der Waals surface area (Å²) in [6, 6.07) is 17.0. The molecule has 0 saturated heterocycles. The van der Waals surface area contributed by atoms with Gasteiger partial charge in [0.2, 0.25) is 5.91 Å². The maximum Gasteiger partial charge on any atom is 0.342 e. The Bertz CT molecular complexity index is 1070. The van der Waals surface area contributed by atoms with Crippen molar-refractivity contribution in [1.82, 2.24) is 20.6 Å². The first-order valence-corrected chi connectivity index (χ1v) is 8.37. The van der Waals surface area contributed by atoms with E-state index in [-0.39, 0.29) is 12.1 Å². The van der Waals surface area contributed by atoms with Crippen LogP contribution in [0.4, 0.5) is 0 Å². The van der Waals surface area contributed by atoms with Crippen molar-refractivity contribution < 1.29 is 9.53 Å². The maximum absolute atomic E-state index is 11.8. The van der Waals surface area contributed by atoms with E-state index in [9.17, 15) is 14.4 Å². The minimum atomic E-state index is -0.733. The van der Waals surface area contributed by atoms with Crippen LogP contribution in [0, 0.1) is 0 Å². The topological polar surface area (TPSA) is 129 Å². The van der Waals surface area contributed by atoms with Crippen LogP contribution in [0.5, 0.6) is 5.75 Å². The largest absolute Gasteiger partial charge is 0.489 e. The Morgan fingerprint density at radius 1 is 1.11 bits per heavy atom. The molecule has 0 unspecified atom stereocenters. The van der Waals surface area contributed by atoms with Gasteiger partial charge >= 0.3 is 5.69 Å². The van der Waals surface area contributed by atoms with Crippen molar-refractivity contribution in [1.29, 1.82) is 0 Å². The number of nitrogens with one attached hydrogen (secondary N) is 3. The number of H-pyrrole nitrogens is 2. The zero-order valence-electron chi connectivity index (χ0n) is 14.7. The van der Waals surface area contributed by atoms with Gasteiger partial charge in [-0.25, -0.2) is 15.3 Å². The molecular weight excluding hydrogens is 362 g/mol. The molecule has 0 fully saturated rings. The minimum absolute atomic E-state index is 0.104. The van der Waals surface area contributed by atoms with E-state index in [0.717, 1.165) is 11.1 Å². The van der Waals surface area contributed by atoms with Crippen LogP contribution >= 0.6 is 0 Å². The Morgan fingerprint density at radius 2 is 1.86 bits per heavy atom. The minimum Gasteiger partial charge on any atom is -0.489 e. The summed E-state index contributed by atoms with van der Waals surface area (Å²) in [5, 5.41) is 9.42. The van der Waals surface area contributed by atoms with Gasteiger partial charge in [0.05, 0.1) is 12.6 Å². The van der Waals surface area contributed by atoms with Crippen molar-refractivity contribution >= 4 is 12.1 Å². The summed E-state index contributed by atoms with van der Waals surface area (Å²) < 4.78 is 5.70. The van der Waals surface area contributed by atoms with Gasteiger partial charge in [0.15, 0.2) is 0 Å². The fourth-order valence-electron chi connectivity index (χ4n) is 2.25. The van der Waals surface area contributed by atoms with Crippen LogP contribution in [-0.2, 0) is 17.8 Å². The number of nitrogens with zero attached hydrogens (tertiary/aromatic N) is 2. The molecule has 28 heavy (non-hydrogen) atoms. The van der Waals surface area contributed by atoms with Crippen molar-refractivity contribution in [2.75, 3.05) is 0 Å². The smallest absolute Gasteiger partial charge is 0.342 e. The molecule has 2 aromatic carbocycles. The lowest BCUT2D eigenvalue weighted by molar-refractivity contribution is -0.120. The molecule has 0 bridgehead atoms. The normalized spacial score (nSPS) is 10.7. The average Bonchev–Trinajstić information content (AvgIpc) is 2.70. The average molecular weight is 379 g/mol. The van der Waals surface area contributed by atoms with E-state index in [4.69, 9.17) is 4.74 Å². The molecule has 0 atom stereocenters. The SMILES string of the molecule is O=C(Cc1n[nH]c(=O)[nH]c1=O)N/N=C\c1ccc(OCc2ccccc2)cc1. The van der Waals surface area contributed by atoms with Gasteiger partial charge in [0.1, 0.15) is 18.1 Å². The number of hydrazone groups is 1. The lowest BCUT2D eigenvalue weighted by Gasteiger charge is -2.06. The molecule has 0 spiro atoms. The third-order valence-corrected chi connectivity index (χ3v) is 3.64. The second-order valence-corrected chi connectivity index (χ2v) is 5.77. The molecule has 1 aromatic heterocycles. The third kappa shape index (κ3) is 5.49. The summed E-state index contributed by atoms with van der Waals surface area (Å²) in [5.74, 6) is 0.178. The van der Waals surface area contributed by atoms with Crippen molar-refractivity contribution in [3.63, 3.8) is 0 Å². The number of benzene rings is 2. The molecule has 3 N–H and O–H groups in total. The molecular formula is C19H17N5O4.